The summed E-state index contributed by atoms with van der Waals surface area (Å²) in [6, 6.07) is 11.3. The van der Waals surface area contributed by atoms with Gasteiger partial charge in [-0.15, -0.1) is 0 Å². The summed E-state index contributed by atoms with van der Waals surface area (Å²) in [5.74, 6) is 1.47. The van der Waals surface area contributed by atoms with E-state index in [9.17, 15) is 4.79 Å². The number of benzene rings is 2. The molecule has 2 aromatic carbocycles. The normalized spacial score (nSPS) is 13.1. The summed E-state index contributed by atoms with van der Waals surface area (Å²) in [4.78, 5) is 12.9. The van der Waals surface area contributed by atoms with Crippen LogP contribution in [0.15, 0.2) is 36.4 Å². The topological polar surface area (TPSA) is 35.5 Å². The Morgan fingerprint density at radius 1 is 1.11 bits per heavy atom. The third-order valence-corrected chi connectivity index (χ3v) is 5.94. The third-order valence-electron chi connectivity index (χ3n) is 4.47. The first-order valence-corrected chi connectivity index (χ1v) is 10.8. The minimum Gasteiger partial charge on any atom is -1.00 e. The second-order valence-electron chi connectivity index (χ2n) is 6.72. The first-order valence-electron chi connectivity index (χ1n) is 9.39. The molecule has 0 radical (unpaired) electrons. The molecule has 0 heterocycles. The number of ether oxygens (including phenoxy) is 2. The van der Waals surface area contributed by atoms with E-state index in [1.807, 2.05) is 51.1 Å². The van der Waals surface area contributed by atoms with Gasteiger partial charge in [0.25, 0.3) is 0 Å². The maximum atomic E-state index is 12.9. The summed E-state index contributed by atoms with van der Waals surface area (Å²) < 4.78 is 12.0. The van der Waals surface area contributed by atoms with Crippen molar-refractivity contribution in [2.45, 2.75) is 59.7 Å². The predicted molar refractivity (Wildman–Crippen MR) is 117 cm³/mol. The van der Waals surface area contributed by atoms with Crippen LogP contribution in [-0.2, 0) is 0 Å². The number of aryl methyl sites for hydroxylation is 1. The van der Waals surface area contributed by atoms with Crippen LogP contribution in [0.25, 0.3) is 0 Å². The van der Waals surface area contributed by atoms with Crippen molar-refractivity contribution >= 4 is 31.0 Å². The first-order chi connectivity index (χ1) is 12.8. The van der Waals surface area contributed by atoms with E-state index in [1.54, 1.807) is 6.07 Å². The van der Waals surface area contributed by atoms with Gasteiger partial charge in [0.05, 0.1) is 17.2 Å². The van der Waals surface area contributed by atoms with Crippen molar-refractivity contribution in [3.05, 3.63) is 52.5 Å². The molecule has 0 N–H and O–H groups in total. The molecular formula is C22H29ClLiO3P. The van der Waals surface area contributed by atoms with Crippen LogP contribution >= 0.6 is 20.2 Å². The van der Waals surface area contributed by atoms with E-state index in [2.05, 4.69) is 13.8 Å². The number of rotatable bonds is 9. The summed E-state index contributed by atoms with van der Waals surface area (Å²) in [7, 11) is -0.0631. The van der Waals surface area contributed by atoms with Crippen LogP contribution in [0.4, 0.5) is 0 Å². The Balaban J connectivity index is 0.00000392. The fourth-order valence-corrected chi connectivity index (χ4v) is 4.01. The Morgan fingerprint density at radius 2 is 1.75 bits per heavy atom. The van der Waals surface area contributed by atoms with E-state index >= 15 is 0 Å². The van der Waals surface area contributed by atoms with Gasteiger partial charge < -0.3 is 10.9 Å². The number of hydrogen-bond acceptors (Lipinski definition) is 3. The summed E-state index contributed by atoms with van der Waals surface area (Å²) in [6.07, 6.45) is 2.00. The summed E-state index contributed by atoms with van der Waals surface area (Å²) in [6.45, 7) is 10.1. The molecule has 3 unspecified atom stereocenters. The van der Waals surface area contributed by atoms with Crippen molar-refractivity contribution in [2.75, 3.05) is 0 Å². The fourth-order valence-electron chi connectivity index (χ4n) is 2.50. The Labute approximate surface area is 189 Å². The number of carbonyl (C=O) groups is 1. The zero-order chi connectivity index (χ0) is 20.0. The molecule has 0 bridgehead atoms. The average Bonchev–Trinajstić information content (AvgIpc) is 2.63. The SMILES string of the molecule is CCC(C)Oc1ccc(PC(=O)c2c(C)cccc2Cl)c(OC(C)CC)c1.[H-].[Li+]. The van der Waals surface area contributed by atoms with Gasteiger partial charge in [0, 0.05) is 16.9 Å². The third kappa shape index (κ3) is 6.82. The Hall–Kier alpha value is -0.973. The van der Waals surface area contributed by atoms with E-state index in [4.69, 9.17) is 21.1 Å². The molecule has 0 aliphatic heterocycles. The molecule has 148 valence electrons. The van der Waals surface area contributed by atoms with Crippen LogP contribution in [0.3, 0.4) is 0 Å². The van der Waals surface area contributed by atoms with Gasteiger partial charge in [0.1, 0.15) is 11.5 Å². The van der Waals surface area contributed by atoms with Crippen LogP contribution in [0.5, 0.6) is 11.5 Å². The molecule has 0 spiro atoms. The second-order valence-corrected chi connectivity index (χ2v) is 8.37. The fraction of sp³-hybridized carbons (Fsp3) is 0.409. The molecule has 6 heteroatoms. The molecule has 3 atom stereocenters. The monoisotopic (exact) mass is 414 g/mol. The van der Waals surface area contributed by atoms with Gasteiger partial charge in [-0.2, -0.15) is 0 Å². The van der Waals surface area contributed by atoms with E-state index in [1.165, 1.54) is 0 Å². The molecule has 0 aliphatic carbocycles. The molecule has 3 nitrogen and oxygen atoms in total. The van der Waals surface area contributed by atoms with Crippen LogP contribution in [0, 0.1) is 6.92 Å². The smallest absolute Gasteiger partial charge is 1.00 e. The van der Waals surface area contributed by atoms with Crippen LogP contribution in [0.1, 0.15) is 57.9 Å². The van der Waals surface area contributed by atoms with Crippen LogP contribution in [-0.4, -0.2) is 17.7 Å². The zero-order valence-corrected chi connectivity index (χ0v) is 19.4. The van der Waals surface area contributed by atoms with Crippen LogP contribution < -0.4 is 33.6 Å². The average molecular weight is 415 g/mol. The summed E-state index contributed by atoms with van der Waals surface area (Å²) in [5.41, 5.74) is 1.50. The van der Waals surface area contributed by atoms with Crippen molar-refractivity contribution in [2.24, 2.45) is 0 Å². The van der Waals surface area contributed by atoms with E-state index in [0.717, 1.165) is 29.5 Å². The number of halogens is 1. The van der Waals surface area contributed by atoms with E-state index in [0.29, 0.717) is 16.3 Å². The molecule has 28 heavy (non-hydrogen) atoms. The van der Waals surface area contributed by atoms with Crippen molar-refractivity contribution in [3.63, 3.8) is 0 Å². The molecule has 0 saturated carbocycles. The Morgan fingerprint density at radius 3 is 2.36 bits per heavy atom. The maximum absolute atomic E-state index is 12.9. The van der Waals surface area contributed by atoms with Crippen molar-refractivity contribution in [3.8, 4) is 11.5 Å². The molecule has 0 aromatic heterocycles. The predicted octanol–water partition coefficient (Wildman–Crippen LogP) is 3.26. The zero-order valence-electron chi connectivity index (χ0n) is 18.6. The number of hydrogen-bond donors (Lipinski definition) is 0. The maximum Gasteiger partial charge on any atom is 1.00 e. The summed E-state index contributed by atoms with van der Waals surface area (Å²) >= 11 is 6.27. The quantitative estimate of drug-likeness (QED) is 0.466. The minimum absolute atomic E-state index is 0. The van der Waals surface area contributed by atoms with Gasteiger partial charge in [-0.25, -0.2) is 0 Å². The Kier molecular flexibility index (Phi) is 10.6. The van der Waals surface area contributed by atoms with Gasteiger partial charge in [-0.05, 0) is 66.0 Å². The second kappa shape index (κ2) is 11.9. The largest absolute Gasteiger partial charge is 1.00 e. The van der Waals surface area contributed by atoms with Crippen molar-refractivity contribution < 1.29 is 34.6 Å². The van der Waals surface area contributed by atoms with Crippen molar-refractivity contribution in [1.29, 1.82) is 0 Å². The van der Waals surface area contributed by atoms with Gasteiger partial charge in [-0.1, -0.05) is 37.6 Å². The Bertz CT molecular complexity index is 783. The van der Waals surface area contributed by atoms with Crippen LogP contribution in [0.2, 0.25) is 5.02 Å². The van der Waals surface area contributed by atoms with E-state index in [-0.39, 0.29) is 46.6 Å². The van der Waals surface area contributed by atoms with Gasteiger partial charge in [0.15, 0.2) is 5.52 Å². The molecule has 0 amide bonds. The molecule has 0 aliphatic rings. The van der Waals surface area contributed by atoms with Gasteiger partial charge in [0.2, 0.25) is 0 Å². The van der Waals surface area contributed by atoms with Gasteiger partial charge in [-0.3, -0.25) is 4.79 Å². The molecule has 2 rings (SSSR count). The molecule has 0 saturated heterocycles. The first kappa shape index (κ1) is 25.1. The van der Waals surface area contributed by atoms with Gasteiger partial charge >= 0.3 is 18.9 Å². The number of carbonyl (C=O) groups excluding carboxylic acids is 1. The molecule has 0 fully saturated rings. The van der Waals surface area contributed by atoms with Crippen molar-refractivity contribution in [1.82, 2.24) is 0 Å². The standard InChI is InChI=1S/C22H28ClO3P.Li.H/c1-6-15(4)25-17-11-12-20(19(13-17)26-16(5)7-2)27-22(24)21-14(3)9-8-10-18(21)23;;/h8-13,15-16,27H,6-7H2,1-5H3;;/q;+1;-1. The summed E-state index contributed by atoms with van der Waals surface area (Å²) in [5, 5.41) is 1.37. The minimum atomic E-state index is -0.0631. The molecular weight excluding hydrogens is 386 g/mol. The van der Waals surface area contributed by atoms with E-state index < -0.39 is 0 Å². The molecule has 2 aromatic rings.